The number of halogens is 1. The number of rotatable bonds is 9. The Balaban J connectivity index is 2.24. The lowest BCUT2D eigenvalue weighted by Crippen LogP contribution is -2.35. The third kappa shape index (κ3) is 6.20. The predicted octanol–water partition coefficient (Wildman–Crippen LogP) is 3.27. The van der Waals surface area contributed by atoms with Crippen LogP contribution in [0.25, 0.3) is 4.85 Å². The molecule has 9 nitrogen and oxygen atoms in total. The minimum Gasteiger partial charge on any atom is -0.352 e. The Labute approximate surface area is 181 Å². The van der Waals surface area contributed by atoms with Crippen molar-refractivity contribution in [3.8, 4) is 0 Å². The van der Waals surface area contributed by atoms with E-state index in [2.05, 4.69) is 30.4 Å². The van der Waals surface area contributed by atoms with Gasteiger partial charge in [0.15, 0.2) is 0 Å². The summed E-state index contributed by atoms with van der Waals surface area (Å²) >= 11 is 3.13. The molecule has 1 aliphatic heterocycles. The van der Waals surface area contributed by atoms with Gasteiger partial charge in [0, 0.05) is 26.1 Å². The molecule has 1 fully saturated rings. The number of aromatic nitrogens is 2. The topological polar surface area (TPSA) is 90.2 Å². The van der Waals surface area contributed by atoms with Gasteiger partial charge < -0.3 is 18.6 Å². The van der Waals surface area contributed by atoms with E-state index in [1.165, 1.54) is 10.8 Å². The van der Waals surface area contributed by atoms with Crippen molar-refractivity contribution in [3.05, 3.63) is 42.9 Å². The molecule has 0 radical (unpaired) electrons. The summed E-state index contributed by atoms with van der Waals surface area (Å²) in [5, 5.41) is 0. The molecule has 1 saturated heterocycles. The molecule has 1 aromatic rings. The lowest BCUT2D eigenvalue weighted by Gasteiger charge is -2.36. The molecule has 29 heavy (non-hydrogen) atoms. The first kappa shape index (κ1) is 22.6. The Hall–Kier alpha value is -1.08. The molecule has 4 atom stereocenters. The van der Waals surface area contributed by atoms with E-state index in [1.54, 1.807) is 0 Å². The third-order valence-corrected chi connectivity index (χ3v) is 7.01. The van der Waals surface area contributed by atoms with Gasteiger partial charge in [0.05, 0.1) is 16.7 Å². The molecule has 2 rings (SSSR count). The van der Waals surface area contributed by atoms with Gasteiger partial charge in [-0.1, -0.05) is 0 Å². The van der Waals surface area contributed by atoms with Crippen LogP contribution >= 0.6 is 24.5 Å². The fourth-order valence-electron chi connectivity index (χ4n) is 3.07. The zero-order valence-corrected chi connectivity index (χ0v) is 19.5. The van der Waals surface area contributed by atoms with E-state index < -0.39 is 38.2 Å². The molecule has 1 N–H and O–H groups in total. The van der Waals surface area contributed by atoms with Crippen molar-refractivity contribution in [2.24, 2.45) is 0 Å². The molecule has 1 unspecified atom stereocenters. The van der Waals surface area contributed by atoms with Gasteiger partial charge in [0.1, 0.15) is 12.8 Å². The van der Waals surface area contributed by atoms with Gasteiger partial charge in [0.25, 0.3) is 14.1 Å². The first-order valence-electron chi connectivity index (χ1n) is 10.1. The molecule has 0 aromatic carbocycles. The minimum atomic E-state index is -1.49. The lowest BCUT2D eigenvalue weighted by atomic mass is 10.2. The first-order chi connectivity index (χ1) is 14.2. The smallest absolute Gasteiger partial charge is 0.330 e. The SMILES string of the molecule is [2H]C[C@H]1O[C@@H](n2cc(Br)c(=O)[nH]c2=O)C[C@H]1OP(OCC[N+]#[C-])N(C(C)C)C(C)C. The second-order valence-corrected chi connectivity index (χ2v) is 9.43. The van der Waals surface area contributed by atoms with Crippen molar-refractivity contribution in [2.45, 2.75) is 71.5 Å². The lowest BCUT2D eigenvalue weighted by molar-refractivity contribution is -0.00879. The summed E-state index contributed by atoms with van der Waals surface area (Å²) in [5.41, 5.74) is -1.10. The molecule has 0 bridgehead atoms. The standard InChI is InChI=1S/C18H28BrN4O5P/c1-11(2)23(12(3)4)29(26-8-7-20-6)28-15-9-16(27-13(15)5)22-10-14(19)17(24)21-18(22)25/h10-13,15-16H,7-9H2,1-5H3,(H,21,24,25)/t13-,15-,16-,29?/m1/s1/i5D. The van der Waals surface area contributed by atoms with Crippen LogP contribution in [0.2, 0.25) is 0 Å². The molecule has 1 aliphatic rings. The first-order valence-corrected chi connectivity index (χ1v) is 11.3. The normalized spacial score (nSPS) is 23.6. The number of nitrogens with one attached hydrogen (secondary N) is 1. The maximum Gasteiger partial charge on any atom is 0.330 e. The van der Waals surface area contributed by atoms with Crippen LogP contribution in [0.4, 0.5) is 0 Å². The van der Waals surface area contributed by atoms with Crippen molar-refractivity contribution in [1.82, 2.24) is 14.2 Å². The molecular formula is C18H28BrN4O5P. The van der Waals surface area contributed by atoms with E-state index in [4.69, 9.17) is 21.7 Å². The highest BCUT2D eigenvalue weighted by Gasteiger charge is 2.39. The van der Waals surface area contributed by atoms with Gasteiger partial charge in [0.2, 0.25) is 6.54 Å². The third-order valence-electron chi connectivity index (χ3n) is 4.29. The Bertz CT molecular complexity index is 850. The van der Waals surface area contributed by atoms with Crippen LogP contribution in [0, 0.1) is 6.57 Å². The molecule has 0 amide bonds. The zero-order valence-electron chi connectivity index (χ0n) is 18.0. The fraction of sp³-hybridized carbons (Fsp3) is 0.722. The summed E-state index contributed by atoms with van der Waals surface area (Å²) in [6.45, 7) is 15.6. The van der Waals surface area contributed by atoms with Crippen LogP contribution in [0.3, 0.4) is 0 Å². The maximum absolute atomic E-state index is 12.2. The minimum absolute atomic E-state index is 0.0466. The van der Waals surface area contributed by atoms with Crippen LogP contribution in [0.1, 0.15) is 48.6 Å². The highest BCUT2D eigenvalue weighted by molar-refractivity contribution is 9.10. The van der Waals surface area contributed by atoms with Crippen molar-refractivity contribution >= 4 is 24.5 Å². The molecule has 2 heterocycles. The van der Waals surface area contributed by atoms with Crippen LogP contribution in [-0.2, 0) is 13.8 Å². The maximum atomic E-state index is 12.2. The highest BCUT2D eigenvalue weighted by Crippen LogP contribution is 2.49. The molecule has 0 saturated carbocycles. The number of hydrogen-bond donors (Lipinski definition) is 1. The van der Waals surface area contributed by atoms with Crippen molar-refractivity contribution in [1.29, 1.82) is 0 Å². The Morgan fingerprint density at radius 3 is 2.76 bits per heavy atom. The highest BCUT2D eigenvalue weighted by atomic mass is 79.9. The van der Waals surface area contributed by atoms with E-state index in [9.17, 15) is 9.59 Å². The summed E-state index contributed by atoms with van der Waals surface area (Å²) in [6, 6.07) is 0.295. The second-order valence-electron chi connectivity index (χ2n) is 7.17. The van der Waals surface area contributed by atoms with Gasteiger partial charge in [-0.15, -0.1) is 0 Å². The second kappa shape index (κ2) is 10.8. The predicted molar refractivity (Wildman–Crippen MR) is 115 cm³/mol. The molecule has 0 spiro atoms. The van der Waals surface area contributed by atoms with Gasteiger partial charge in [-0.2, -0.15) is 0 Å². The summed E-state index contributed by atoms with van der Waals surface area (Å²) in [6.07, 6.45) is 0.0283. The average Bonchev–Trinajstić information content (AvgIpc) is 3.06. The molecule has 11 heteroatoms. The van der Waals surface area contributed by atoms with Crippen molar-refractivity contribution in [3.63, 3.8) is 0 Å². The van der Waals surface area contributed by atoms with Crippen LogP contribution in [0.5, 0.6) is 0 Å². The molecular weight excluding hydrogens is 463 g/mol. The van der Waals surface area contributed by atoms with Gasteiger partial charge >= 0.3 is 5.69 Å². The van der Waals surface area contributed by atoms with Gasteiger partial charge in [-0.3, -0.25) is 14.3 Å². The number of aromatic amines is 1. The van der Waals surface area contributed by atoms with Crippen molar-refractivity contribution < 1.29 is 15.2 Å². The average molecular weight is 492 g/mol. The van der Waals surface area contributed by atoms with Crippen LogP contribution < -0.4 is 11.2 Å². The summed E-state index contributed by atoms with van der Waals surface area (Å²) in [5.74, 6) is 0. The van der Waals surface area contributed by atoms with Crippen LogP contribution in [0.15, 0.2) is 20.3 Å². The molecule has 1 aromatic heterocycles. The van der Waals surface area contributed by atoms with E-state index in [-0.39, 0.29) is 36.6 Å². The summed E-state index contributed by atoms with van der Waals surface area (Å²) < 4.78 is 29.6. The number of hydrogen-bond acceptors (Lipinski definition) is 6. The Kier molecular flexibility index (Phi) is 8.42. The molecule has 0 aliphatic carbocycles. The number of nitrogens with zero attached hydrogens (tertiary/aromatic N) is 3. The molecule has 162 valence electrons. The largest absolute Gasteiger partial charge is 0.352 e. The summed E-state index contributed by atoms with van der Waals surface area (Å²) in [7, 11) is -1.49. The Morgan fingerprint density at radius 1 is 1.48 bits per heavy atom. The Morgan fingerprint density at radius 2 is 2.17 bits per heavy atom. The van der Waals surface area contributed by atoms with Gasteiger partial charge in [-0.05, 0) is 50.5 Å². The van der Waals surface area contributed by atoms with Gasteiger partial charge in [-0.25, -0.2) is 16.0 Å². The van der Waals surface area contributed by atoms with Crippen molar-refractivity contribution in [2.75, 3.05) is 13.2 Å². The quantitative estimate of drug-likeness (QED) is 0.324. The summed E-state index contributed by atoms with van der Waals surface area (Å²) in [4.78, 5) is 29.4. The van der Waals surface area contributed by atoms with E-state index in [0.717, 1.165) is 0 Å². The van der Waals surface area contributed by atoms with E-state index in [0.29, 0.717) is 6.42 Å². The van der Waals surface area contributed by atoms with E-state index >= 15 is 0 Å². The monoisotopic (exact) mass is 491 g/mol. The number of ether oxygens (including phenoxy) is 1. The van der Waals surface area contributed by atoms with E-state index in [1.807, 2.05) is 27.7 Å². The zero-order chi connectivity index (χ0) is 22.4. The fourth-order valence-corrected chi connectivity index (χ4v) is 5.13. The van der Waals surface area contributed by atoms with Crippen LogP contribution in [-0.4, -0.2) is 51.7 Å². The number of H-pyrrole nitrogens is 1.